The van der Waals surface area contributed by atoms with Crippen molar-refractivity contribution in [2.24, 2.45) is 0 Å². The van der Waals surface area contributed by atoms with Gasteiger partial charge in [0.2, 0.25) is 5.85 Å². The molecule has 3 rings (SSSR count). The maximum Gasteiger partial charge on any atom is 0.338 e. The molecule has 2 aromatic heterocycles. The second kappa shape index (κ2) is 6.88. The van der Waals surface area contributed by atoms with E-state index >= 15 is 0 Å². The number of alkyl halides is 1. The molecule has 7 nitrogen and oxygen atoms in total. The van der Waals surface area contributed by atoms with Gasteiger partial charge in [0.1, 0.15) is 5.75 Å². The van der Waals surface area contributed by atoms with E-state index < -0.39 is 11.8 Å². The zero-order chi connectivity index (χ0) is 19.6. The highest BCUT2D eigenvalue weighted by Gasteiger charge is 2.17. The normalized spacial score (nSPS) is 11.0. The van der Waals surface area contributed by atoms with Crippen LogP contribution in [0, 0.1) is 11.3 Å². The largest absolute Gasteiger partial charge is 0.478 e. The number of benzene rings is 1. The molecule has 0 saturated carbocycles. The monoisotopic (exact) mass is 366 g/mol. The van der Waals surface area contributed by atoms with Gasteiger partial charge < -0.3 is 9.84 Å². The Morgan fingerprint density at radius 1 is 1.30 bits per heavy atom. The Balaban J connectivity index is 1.92. The van der Waals surface area contributed by atoms with Crippen LogP contribution in [0.1, 0.15) is 29.8 Å². The van der Waals surface area contributed by atoms with Crippen LogP contribution in [-0.2, 0) is 0 Å². The second-order valence-corrected chi connectivity index (χ2v) is 6.17. The number of nitriles is 1. The maximum absolute atomic E-state index is 13.6. The fourth-order valence-electron chi connectivity index (χ4n) is 2.43. The highest BCUT2D eigenvalue weighted by Crippen LogP contribution is 2.27. The van der Waals surface area contributed by atoms with E-state index in [0.717, 1.165) is 0 Å². The minimum atomic E-state index is -1.79. The van der Waals surface area contributed by atoms with Crippen LogP contribution < -0.4 is 4.74 Å². The first-order valence-corrected chi connectivity index (χ1v) is 7.94. The molecule has 0 fully saturated rings. The second-order valence-electron chi connectivity index (χ2n) is 6.17. The van der Waals surface area contributed by atoms with Gasteiger partial charge in [-0.2, -0.15) is 14.8 Å². The van der Waals surface area contributed by atoms with Gasteiger partial charge in [0, 0.05) is 37.9 Å². The fraction of sp³-hybridized carbons (Fsp3) is 0.158. The molecule has 0 spiro atoms. The Bertz CT molecular complexity index is 1030. The summed E-state index contributed by atoms with van der Waals surface area (Å²) in [5.74, 6) is -2.20. The third-order valence-electron chi connectivity index (χ3n) is 3.60. The standard InChI is InChI=1S/C19H15FN4O3/c1-19(2,20)27-15-5-3-12(4-6-15)16-10-22-17(7-13(16)8-21)24-11-14(9-23-24)18(25)26/h3-7,9-11H,1-2H3,(H,25,26). The summed E-state index contributed by atoms with van der Waals surface area (Å²) in [4.78, 5) is 15.2. The first-order chi connectivity index (χ1) is 12.8. The van der Waals surface area contributed by atoms with Crippen LogP contribution in [0.15, 0.2) is 48.9 Å². The van der Waals surface area contributed by atoms with Crippen LogP contribution in [0.5, 0.6) is 5.75 Å². The van der Waals surface area contributed by atoms with E-state index in [2.05, 4.69) is 16.2 Å². The van der Waals surface area contributed by atoms with E-state index in [9.17, 15) is 14.4 Å². The van der Waals surface area contributed by atoms with Crippen LogP contribution >= 0.6 is 0 Å². The number of hydrogen-bond acceptors (Lipinski definition) is 5. The average Bonchev–Trinajstić information content (AvgIpc) is 3.11. The molecule has 27 heavy (non-hydrogen) atoms. The van der Waals surface area contributed by atoms with E-state index in [1.807, 2.05) is 0 Å². The Morgan fingerprint density at radius 2 is 2.00 bits per heavy atom. The molecule has 8 heteroatoms. The molecule has 0 atom stereocenters. The topological polar surface area (TPSA) is 101 Å². The molecule has 0 aliphatic heterocycles. The summed E-state index contributed by atoms with van der Waals surface area (Å²) in [6, 6.07) is 10.2. The zero-order valence-corrected chi connectivity index (χ0v) is 14.5. The summed E-state index contributed by atoms with van der Waals surface area (Å²) in [6.45, 7) is 2.62. The van der Waals surface area contributed by atoms with E-state index in [1.165, 1.54) is 43.2 Å². The van der Waals surface area contributed by atoms with Gasteiger partial charge in [0.15, 0.2) is 5.82 Å². The third kappa shape index (κ3) is 4.10. The molecule has 1 aromatic carbocycles. The van der Waals surface area contributed by atoms with Gasteiger partial charge in [-0.25, -0.2) is 14.5 Å². The van der Waals surface area contributed by atoms with E-state index in [1.54, 1.807) is 24.3 Å². The van der Waals surface area contributed by atoms with Crippen LogP contribution in [0.4, 0.5) is 4.39 Å². The lowest BCUT2D eigenvalue weighted by molar-refractivity contribution is -0.0257. The Morgan fingerprint density at radius 3 is 2.56 bits per heavy atom. The van der Waals surface area contributed by atoms with Crippen LogP contribution in [0.25, 0.3) is 16.9 Å². The molecule has 0 amide bonds. The summed E-state index contributed by atoms with van der Waals surface area (Å²) in [6.07, 6.45) is 4.02. The van der Waals surface area contributed by atoms with Gasteiger partial charge >= 0.3 is 5.97 Å². The number of nitrogens with zero attached hydrogens (tertiary/aromatic N) is 4. The van der Waals surface area contributed by atoms with Crippen molar-refractivity contribution >= 4 is 5.97 Å². The number of halogens is 1. The van der Waals surface area contributed by atoms with E-state index in [4.69, 9.17) is 9.84 Å². The molecule has 136 valence electrons. The number of ether oxygens (including phenoxy) is 1. The number of rotatable bonds is 5. The molecule has 0 aliphatic rings. The van der Waals surface area contributed by atoms with Gasteiger partial charge in [-0.05, 0) is 17.7 Å². The predicted molar refractivity (Wildman–Crippen MR) is 94.3 cm³/mol. The summed E-state index contributed by atoms with van der Waals surface area (Å²) in [5.41, 5.74) is 1.65. The smallest absolute Gasteiger partial charge is 0.338 e. The number of carboxylic acid groups (broad SMARTS) is 1. The van der Waals surface area contributed by atoms with Crippen LogP contribution in [0.3, 0.4) is 0 Å². The highest BCUT2D eigenvalue weighted by atomic mass is 19.2. The van der Waals surface area contributed by atoms with Gasteiger partial charge in [-0.3, -0.25) is 0 Å². The molecule has 0 bridgehead atoms. The van der Waals surface area contributed by atoms with Gasteiger partial charge in [0.05, 0.1) is 23.4 Å². The molecule has 0 unspecified atom stereocenters. The molecule has 1 N–H and O–H groups in total. The quantitative estimate of drug-likeness (QED) is 0.740. The summed E-state index contributed by atoms with van der Waals surface area (Å²) >= 11 is 0. The summed E-state index contributed by atoms with van der Waals surface area (Å²) in [5, 5.41) is 22.4. The van der Waals surface area contributed by atoms with Crippen molar-refractivity contribution in [2.75, 3.05) is 0 Å². The van der Waals surface area contributed by atoms with Crippen LogP contribution in [-0.4, -0.2) is 31.7 Å². The SMILES string of the molecule is CC(C)(F)Oc1ccc(-c2cnc(-n3cc(C(=O)O)cn3)cc2C#N)cc1. The molecular weight excluding hydrogens is 351 g/mol. The Hall–Kier alpha value is -3.73. The minimum absolute atomic E-state index is 0.0192. The van der Waals surface area contributed by atoms with Gasteiger partial charge in [-0.1, -0.05) is 12.1 Å². The summed E-state index contributed by atoms with van der Waals surface area (Å²) < 4.78 is 20.0. The number of carbonyl (C=O) groups is 1. The van der Waals surface area contributed by atoms with Crippen LogP contribution in [0.2, 0.25) is 0 Å². The maximum atomic E-state index is 13.6. The molecule has 0 radical (unpaired) electrons. The molecular formula is C19H15FN4O3. The minimum Gasteiger partial charge on any atom is -0.478 e. The fourth-order valence-corrected chi connectivity index (χ4v) is 2.43. The van der Waals surface area contributed by atoms with Gasteiger partial charge in [0.25, 0.3) is 0 Å². The Labute approximate surface area is 154 Å². The van der Waals surface area contributed by atoms with Crippen molar-refractivity contribution in [1.29, 1.82) is 5.26 Å². The number of carboxylic acids is 1. The molecule has 0 aliphatic carbocycles. The van der Waals surface area contributed by atoms with E-state index in [-0.39, 0.29) is 5.56 Å². The zero-order valence-electron chi connectivity index (χ0n) is 14.5. The van der Waals surface area contributed by atoms with Crippen molar-refractivity contribution in [1.82, 2.24) is 14.8 Å². The van der Waals surface area contributed by atoms with Crippen molar-refractivity contribution in [3.8, 4) is 28.8 Å². The number of aromatic carboxylic acids is 1. The molecule has 0 saturated heterocycles. The van der Waals surface area contributed by atoms with Crippen molar-refractivity contribution in [3.63, 3.8) is 0 Å². The van der Waals surface area contributed by atoms with Crippen molar-refractivity contribution < 1.29 is 19.0 Å². The lowest BCUT2D eigenvalue weighted by Gasteiger charge is -2.17. The first-order valence-electron chi connectivity index (χ1n) is 7.94. The highest BCUT2D eigenvalue weighted by molar-refractivity contribution is 5.87. The third-order valence-corrected chi connectivity index (χ3v) is 3.60. The number of hydrogen-bond donors (Lipinski definition) is 1. The van der Waals surface area contributed by atoms with Gasteiger partial charge in [-0.15, -0.1) is 0 Å². The average molecular weight is 366 g/mol. The first kappa shape index (κ1) is 18.1. The lowest BCUT2D eigenvalue weighted by Crippen LogP contribution is -2.20. The Kier molecular flexibility index (Phi) is 4.60. The number of aromatic nitrogens is 3. The van der Waals surface area contributed by atoms with E-state index in [0.29, 0.717) is 28.3 Å². The predicted octanol–water partition coefficient (Wildman–Crippen LogP) is 3.59. The lowest BCUT2D eigenvalue weighted by atomic mass is 10.0. The van der Waals surface area contributed by atoms with Crippen molar-refractivity contribution in [3.05, 3.63) is 60.0 Å². The van der Waals surface area contributed by atoms with Crippen molar-refractivity contribution in [2.45, 2.75) is 19.7 Å². The molecule has 2 heterocycles. The summed E-state index contributed by atoms with van der Waals surface area (Å²) in [7, 11) is 0. The molecule has 3 aromatic rings. The number of pyridine rings is 1.